The average Bonchev–Trinajstić information content (AvgIpc) is 2.24. The maximum atomic E-state index is 11.4. The predicted molar refractivity (Wildman–Crippen MR) is 62.4 cm³/mol. The van der Waals surface area contributed by atoms with Gasteiger partial charge < -0.3 is 5.32 Å². The van der Waals surface area contributed by atoms with E-state index in [1.165, 1.54) is 4.68 Å². The molecule has 0 bridgehead atoms. The van der Waals surface area contributed by atoms with Crippen molar-refractivity contribution in [2.45, 2.75) is 13.3 Å². The van der Waals surface area contributed by atoms with Crippen molar-refractivity contribution in [1.29, 1.82) is 0 Å². The van der Waals surface area contributed by atoms with Crippen LogP contribution >= 0.6 is 11.6 Å². The van der Waals surface area contributed by atoms with Gasteiger partial charge in [0.1, 0.15) is 5.02 Å². The van der Waals surface area contributed by atoms with Crippen LogP contribution in [0.3, 0.4) is 0 Å². The molecule has 0 spiro atoms. The molecule has 4 nitrogen and oxygen atoms in total. The van der Waals surface area contributed by atoms with E-state index in [-0.39, 0.29) is 10.6 Å². The third-order valence-corrected chi connectivity index (χ3v) is 2.31. The van der Waals surface area contributed by atoms with Gasteiger partial charge in [0.2, 0.25) is 0 Å². The van der Waals surface area contributed by atoms with Crippen molar-refractivity contribution in [3.8, 4) is 0 Å². The minimum Gasteiger partial charge on any atom is -0.382 e. The monoisotopic (exact) mass is 227 g/mol. The Labute approximate surface area is 93.6 Å². The second-order valence-corrected chi connectivity index (χ2v) is 3.46. The highest BCUT2D eigenvalue weighted by Crippen LogP contribution is 2.14. The van der Waals surface area contributed by atoms with E-state index in [2.05, 4.69) is 10.4 Å². The Morgan fingerprint density at radius 1 is 1.67 bits per heavy atom. The van der Waals surface area contributed by atoms with E-state index in [1.54, 1.807) is 13.2 Å². The third-order valence-electron chi connectivity index (χ3n) is 1.94. The fraction of sp³-hybridized carbons (Fsp3) is 0.400. The van der Waals surface area contributed by atoms with Crippen LogP contribution in [0, 0.1) is 0 Å². The summed E-state index contributed by atoms with van der Waals surface area (Å²) in [6.07, 6.45) is 6.46. The van der Waals surface area contributed by atoms with Gasteiger partial charge in [0.15, 0.2) is 0 Å². The molecule has 0 radical (unpaired) electrons. The first-order valence-electron chi connectivity index (χ1n) is 4.73. The number of nitrogens with zero attached hydrogens (tertiary/aromatic N) is 2. The van der Waals surface area contributed by atoms with Gasteiger partial charge in [0.05, 0.1) is 11.9 Å². The third kappa shape index (κ3) is 3.09. The first kappa shape index (κ1) is 11.8. The maximum absolute atomic E-state index is 11.4. The van der Waals surface area contributed by atoms with E-state index in [9.17, 15) is 4.79 Å². The molecule has 0 saturated heterocycles. The van der Waals surface area contributed by atoms with Crippen LogP contribution < -0.4 is 10.9 Å². The summed E-state index contributed by atoms with van der Waals surface area (Å²) in [6, 6.07) is 0. The number of hydrogen-bond donors (Lipinski definition) is 1. The molecule has 1 rings (SSSR count). The first-order valence-corrected chi connectivity index (χ1v) is 5.11. The Morgan fingerprint density at radius 3 is 3.07 bits per heavy atom. The van der Waals surface area contributed by atoms with Gasteiger partial charge in [-0.25, -0.2) is 4.68 Å². The van der Waals surface area contributed by atoms with Gasteiger partial charge in [-0.2, -0.15) is 5.10 Å². The van der Waals surface area contributed by atoms with Crippen LogP contribution in [0.25, 0.3) is 0 Å². The number of aromatic nitrogens is 2. The molecule has 0 amide bonds. The van der Waals surface area contributed by atoms with Crippen LogP contribution in [-0.2, 0) is 7.05 Å². The van der Waals surface area contributed by atoms with Gasteiger partial charge in [-0.05, 0) is 13.3 Å². The summed E-state index contributed by atoms with van der Waals surface area (Å²) in [5.41, 5.74) is 0.303. The topological polar surface area (TPSA) is 46.9 Å². The smallest absolute Gasteiger partial charge is 0.287 e. The predicted octanol–water partition coefficient (Wildman–Crippen LogP) is 1.81. The number of halogens is 1. The molecule has 82 valence electrons. The first-order chi connectivity index (χ1) is 7.16. The highest BCUT2D eigenvalue weighted by atomic mass is 35.5. The molecular formula is C10H14ClN3O. The molecule has 0 aliphatic heterocycles. The molecule has 0 aliphatic carbocycles. The number of aryl methyl sites for hydroxylation is 1. The molecule has 0 unspecified atom stereocenters. The lowest BCUT2D eigenvalue weighted by Crippen LogP contribution is -2.21. The number of nitrogens with one attached hydrogen (secondary N) is 1. The number of anilines is 1. The van der Waals surface area contributed by atoms with Crippen LogP contribution in [0.15, 0.2) is 23.1 Å². The van der Waals surface area contributed by atoms with Crippen LogP contribution in [0.2, 0.25) is 5.02 Å². The molecule has 5 heteroatoms. The largest absolute Gasteiger partial charge is 0.382 e. The van der Waals surface area contributed by atoms with Crippen molar-refractivity contribution in [2.24, 2.45) is 7.05 Å². The summed E-state index contributed by atoms with van der Waals surface area (Å²) in [5.74, 6) is 0. The Morgan fingerprint density at radius 2 is 2.40 bits per heavy atom. The summed E-state index contributed by atoms with van der Waals surface area (Å²) >= 11 is 5.86. The Kier molecular flexibility index (Phi) is 4.37. The van der Waals surface area contributed by atoms with E-state index in [0.29, 0.717) is 5.69 Å². The van der Waals surface area contributed by atoms with Crippen molar-refractivity contribution >= 4 is 17.3 Å². The van der Waals surface area contributed by atoms with Crippen molar-refractivity contribution in [1.82, 2.24) is 9.78 Å². The molecule has 15 heavy (non-hydrogen) atoms. The van der Waals surface area contributed by atoms with Crippen LogP contribution in [0.5, 0.6) is 0 Å². The van der Waals surface area contributed by atoms with Crippen LogP contribution in [0.1, 0.15) is 13.3 Å². The fourth-order valence-corrected chi connectivity index (χ4v) is 1.33. The van der Waals surface area contributed by atoms with Crippen LogP contribution in [-0.4, -0.2) is 16.3 Å². The zero-order valence-corrected chi connectivity index (χ0v) is 9.58. The molecular weight excluding hydrogens is 214 g/mol. The quantitative estimate of drug-likeness (QED) is 0.631. The Bertz CT molecular complexity index is 412. The van der Waals surface area contributed by atoms with Gasteiger partial charge in [0, 0.05) is 13.6 Å². The number of allylic oxidation sites excluding steroid dienone is 1. The minimum absolute atomic E-state index is 0.188. The Balaban J connectivity index is 2.70. The summed E-state index contributed by atoms with van der Waals surface area (Å²) in [6.45, 7) is 2.70. The van der Waals surface area contributed by atoms with E-state index in [4.69, 9.17) is 11.6 Å². The summed E-state index contributed by atoms with van der Waals surface area (Å²) in [5, 5.41) is 7.12. The van der Waals surface area contributed by atoms with Gasteiger partial charge in [-0.3, -0.25) is 4.79 Å². The van der Waals surface area contributed by atoms with Gasteiger partial charge >= 0.3 is 0 Å². The van der Waals surface area contributed by atoms with E-state index in [0.717, 1.165) is 13.0 Å². The normalized spacial score (nSPS) is 10.9. The fourth-order valence-electron chi connectivity index (χ4n) is 1.09. The average molecular weight is 228 g/mol. The molecule has 1 N–H and O–H groups in total. The maximum Gasteiger partial charge on any atom is 0.287 e. The second kappa shape index (κ2) is 5.56. The van der Waals surface area contributed by atoms with Crippen molar-refractivity contribution in [2.75, 3.05) is 11.9 Å². The second-order valence-electron chi connectivity index (χ2n) is 3.09. The van der Waals surface area contributed by atoms with Crippen molar-refractivity contribution in [3.63, 3.8) is 0 Å². The standard InChI is InChI=1S/C10H14ClN3O/c1-3-4-5-6-12-8-7-13-14(2)10(15)9(8)11/h3-4,7,12H,5-6H2,1-2H3/b4-3+. The zero-order valence-electron chi connectivity index (χ0n) is 8.83. The van der Waals surface area contributed by atoms with E-state index < -0.39 is 0 Å². The number of rotatable bonds is 4. The van der Waals surface area contributed by atoms with E-state index in [1.807, 2.05) is 19.1 Å². The minimum atomic E-state index is -0.285. The highest BCUT2D eigenvalue weighted by Gasteiger charge is 2.05. The highest BCUT2D eigenvalue weighted by molar-refractivity contribution is 6.32. The van der Waals surface area contributed by atoms with Gasteiger partial charge in [-0.15, -0.1) is 0 Å². The van der Waals surface area contributed by atoms with Crippen molar-refractivity contribution < 1.29 is 0 Å². The SMILES string of the molecule is C/C=C/CCNc1cnn(C)c(=O)c1Cl. The lowest BCUT2D eigenvalue weighted by molar-refractivity contribution is 0.708. The Hall–Kier alpha value is -1.29. The lowest BCUT2D eigenvalue weighted by atomic mass is 10.3. The molecule has 1 aromatic heterocycles. The van der Waals surface area contributed by atoms with Crippen molar-refractivity contribution in [3.05, 3.63) is 33.7 Å². The molecule has 1 aromatic rings. The van der Waals surface area contributed by atoms with E-state index >= 15 is 0 Å². The van der Waals surface area contributed by atoms with Gasteiger partial charge in [0.25, 0.3) is 5.56 Å². The summed E-state index contributed by atoms with van der Waals surface area (Å²) < 4.78 is 1.21. The molecule has 1 heterocycles. The summed E-state index contributed by atoms with van der Waals surface area (Å²) in [4.78, 5) is 11.4. The molecule has 0 aliphatic rings. The molecule has 0 aromatic carbocycles. The van der Waals surface area contributed by atoms with Crippen LogP contribution in [0.4, 0.5) is 5.69 Å². The summed E-state index contributed by atoms with van der Waals surface area (Å²) in [7, 11) is 1.57. The number of hydrogen-bond acceptors (Lipinski definition) is 3. The molecule has 0 atom stereocenters. The molecule has 0 saturated carbocycles. The van der Waals surface area contributed by atoms with Gasteiger partial charge in [-0.1, -0.05) is 23.8 Å². The molecule has 0 fully saturated rings. The lowest BCUT2D eigenvalue weighted by Gasteiger charge is -2.06. The zero-order chi connectivity index (χ0) is 11.3.